The lowest BCUT2D eigenvalue weighted by Crippen LogP contribution is -2.23. The van der Waals surface area contributed by atoms with E-state index in [-0.39, 0.29) is 10.7 Å². The molecule has 180 valence electrons. The van der Waals surface area contributed by atoms with Crippen molar-refractivity contribution in [3.8, 4) is 11.5 Å². The Morgan fingerprint density at radius 3 is 2.58 bits per heavy atom. The fourth-order valence-electron chi connectivity index (χ4n) is 3.97. The summed E-state index contributed by atoms with van der Waals surface area (Å²) in [4.78, 5) is 15.2. The fraction of sp³-hybridized carbons (Fsp3) is 0.480. The molecule has 0 aromatic heterocycles. The summed E-state index contributed by atoms with van der Waals surface area (Å²) in [5.74, 6) is 1.26. The SMILES string of the molecule is COc1ccccc1CCN(C)CCCCC(=O)c1cc2c(c(S(=O)(=O)N(C)C)c1)OCC2. The summed E-state index contributed by atoms with van der Waals surface area (Å²) < 4.78 is 37.6. The molecule has 3 rings (SSSR count). The van der Waals surface area contributed by atoms with Crippen molar-refractivity contribution in [1.82, 2.24) is 9.21 Å². The number of Topliss-reactive ketones (excluding diaryl/α,β-unsaturated/α-hetero) is 1. The first kappa shape index (κ1) is 25.2. The highest BCUT2D eigenvalue weighted by atomic mass is 32.2. The third kappa shape index (κ3) is 6.13. The zero-order valence-electron chi connectivity index (χ0n) is 20.0. The summed E-state index contributed by atoms with van der Waals surface area (Å²) in [6.07, 6.45) is 3.55. The van der Waals surface area contributed by atoms with Gasteiger partial charge in [-0.1, -0.05) is 18.2 Å². The van der Waals surface area contributed by atoms with Crippen LogP contribution in [0.4, 0.5) is 0 Å². The van der Waals surface area contributed by atoms with E-state index in [1.54, 1.807) is 13.2 Å². The molecule has 1 aliphatic rings. The first-order chi connectivity index (χ1) is 15.7. The van der Waals surface area contributed by atoms with Crippen LogP contribution >= 0.6 is 0 Å². The highest BCUT2D eigenvalue weighted by Crippen LogP contribution is 2.35. The fourth-order valence-corrected chi connectivity index (χ4v) is 5.06. The van der Waals surface area contributed by atoms with Gasteiger partial charge in [-0.3, -0.25) is 4.79 Å². The van der Waals surface area contributed by atoms with Gasteiger partial charge in [0.2, 0.25) is 10.0 Å². The van der Waals surface area contributed by atoms with Crippen LogP contribution in [0, 0.1) is 0 Å². The number of hydrogen-bond acceptors (Lipinski definition) is 6. The van der Waals surface area contributed by atoms with Crippen molar-refractivity contribution in [1.29, 1.82) is 0 Å². The number of carbonyl (C=O) groups excluding carboxylic acids is 1. The number of sulfonamides is 1. The number of likely N-dealkylation sites (N-methyl/N-ethyl adjacent to an activating group) is 1. The van der Waals surface area contributed by atoms with Crippen molar-refractivity contribution in [3.63, 3.8) is 0 Å². The Morgan fingerprint density at radius 2 is 1.85 bits per heavy atom. The Hall–Kier alpha value is -2.42. The number of para-hydroxylation sites is 1. The largest absolute Gasteiger partial charge is 0.496 e. The number of fused-ring (bicyclic) bond motifs is 1. The molecular weight excluding hydrogens is 440 g/mol. The summed E-state index contributed by atoms with van der Waals surface area (Å²) in [6, 6.07) is 11.3. The quantitative estimate of drug-likeness (QED) is 0.347. The maximum atomic E-state index is 12.8. The van der Waals surface area contributed by atoms with E-state index in [2.05, 4.69) is 18.0 Å². The number of unbranched alkanes of at least 4 members (excludes halogenated alkanes) is 1. The zero-order valence-corrected chi connectivity index (χ0v) is 20.8. The Labute approximate surface area is 197 Å². The number of ether oxygens (including phenoxy) is 2. The van der Waals surface area contributed by atoms with Crippen LogP contribution < -0.4 is 9.47 Å². The van der Waals surface area contributed by atoms with Crippen LogP contribution in [0.25, 0.3) is 0 Å². The van der Waals surface area contributed by atoms with Gasteiger partial charge >= 0.3 is 0 Å². The molecule has 0 amide bonds. The average molecular weight is 475 g/mol. The maximum Gasteiger partial charge on any atom is 0.246 e. The molecule has 0 saturated heterocycles. The van der Waals surface area contributed by atoms with Crippen LogP contribution in [-0.4, -0.2) is 71.4 Å². The Morgan fingerprint density at radius 1 is 1.09 bits per heavy atom. The number of ketones is 1. The molecule has 0 saturated carbocycles. The molecule has 2 aromatic rings. The van der Waals surface area contributed by atoms with Crippen molar-refractivity contribution in [2.24, 2.45) is 0 Å². The highest BCUT2D eigenvalue weighted by molar-refractivity contribution is 7.89. The molecule has 2 aromatic carbocycles. The molecule has 0 radical (unpaired) electrons. The van der Waals surface area contributed by atoms with E-state index >= 15 is 0 Å². The van der Waals surface area contributed by atoms with Crippen molar-refractivity contribution in [3.05, 3.63) is 53.1 Å². The standard InChI is InChI=1S/C25H34N2O5S/c1-26(2)33(29,30)24-18-21(17-20-13-16-32-25(20)24)22(28)10-7-8-14-27(3)15-12-19-9-5-6-11-23(19)31-4/h5-6,9,11,17-18H,7-8,10,12-16H2,1-4H3. The molecule has 8 heteroatoms. The van der Waals surface area contributed by atoms with Gasteiger partial charge in [0.15, 0.2) is 5.78 Å². The smallest absolute Gasteiger partial charge is 0.246 e. The maximum absolute atomic E-state index is 12.8. The topological polar surface area (TPSA) is 76.2 Å². The van der Waals surface area contributed by atoms with E-state index in [9.17, 15) is 13.2 Å². The monoisotopic (exact) mass is 474 g/mol. The van der Waals surface area contributed by atoms with E-state index in [4.69, 9.17) is 9.47 Å². The van der Waals surface area contributed by atoms with Crippen molar-refractivity contribution in [2.45, 2.75) is 37.0 Å². The summed E-state index contributed by atoms with van der Waals surface area (Å²) in [5, 5.41) is 0. The molecule has 1 heterocycles. The molecule has 0 N–H and O–H groups in total. The lowest BCUT2D eigenvalue weighted by Gasteiger charge is -2.17. The minimum atomic E-state index is -3.69. The molecule has 0 fully saturated rings. The van der Waals surface area contributed by atoms with Gasteiger partial charge in [-0.05, 0) is 62.2 Å². The lowest BCUT2D eigenvalue weighted by molar-refractivity contribution is 0.0978. The van der Waals surface area contributed by atoms with E-state index < -0.39 is 10.0 Å². The normalized spacial score (nSPS) is 13.3. The second kappa shape index (κ2) is 11.1. The van der Waals surface area contributed by atoms with Crippen LogP contribution in [0.1, 0.15) is 40.7 Å². The number of rotatable bonds is 12. The third-order valence-corrected chi connectivity index (χ3v) is 7.80. The molecule has 7 nitrogen and oxygen atoms in total. The Bertz CT molecular complexity index is 1080. The van der Waals surface area contributed by atoms with E-state index in [0.717, 1.165) is 48.0 Å². The first-order valence-corrected chi connectivity index (χ1v) is 12.7. The summed E-state index contributed by atoms with van der Waals surface area (Å²) >= 11 is 0. The zero-order chi connectivity index (χ0) is 24.0. The summed E-state index contributed by atoms with van der Waals surface area (Å²) in [6.45, 7) is 2.23. The molecule has 33 heavy (non-hydrogen) atoms. The number of methoxy groups -OCH3 is 1. The van der Waals surface area contributed by atoms with Crippen LogP contribution in [0.15, 0.2) is 41.3 Å². The van der Waals surface area contributed by atoms with Gasteiger partial charge in [-0.25, -0.2) is 12.7 Å². The van der Waals surface area contributed by atoms with Crippen molar-refractivity contribution in [2.75, 3.05) is 47.9 Å². The third-order valence-electron chi connectivity index (χ3n) is 5.98. The van der Waals surface area contributed by atoms with Crippen LogP contribution in [-0.2, 0) is 22.9 Å². The van der Waals surface area contributed by atoms with Gasteiger partial charge in [0, 0.05) is 39.0 Å². The summed E-state index contributed by atoms with van der Waals surface area (Å²) in [7, 11) is 3.04. The number of nitrogens with zero attached hydrogens (tertiary/aromatic N) is 2. The number of benzene rings is 2. The number of hydrogen-bond donors (Lipinski definition) is 0. The minimum Gasteiger partial charge on any atom is -0.496 e. The molecule has 0 unspecified atom stereocenters. The van der Waals surface area contributed by atoms with Gasteiger partial charge in [-0.2, -0.15) is 0 Å². The van der Waals surface area contributed by atoms with Crippen LogP contribution in [0.5, 0.6) is 11.5 Å². The predicted molar refractivity (Wildman–Crippen MR) is 129 cm³/mol. The predicted octanol–water partition coefficient (Wildman–Crippen LogP) is 3.41. The molecule has 1 aliphatic heterocycles. The molecule has 0 aliphatic carbocycles. The summed E-state index contributed by atoms with van der Waals surface area (Å²) in [5.41, 5.74) is 2.42. The molecule has 0 bridgehead atoms. The molecular formula is C25H34N2O5S. The molecule has 0 spiro atoms. The average Bonchev–Trinajstić information content (AvgIpc) is 3.28. The second-order valence-electron chi connectivity index (χ2n) is 8.59. The van der Waals surface area contributed by atoms with Gasteiger partial charge in [-0.15, -0.1) is 0 Å². The lowest BCUT2D eigenvalue weighted by atomic mass is 10.0. The van der Waals surface area contributed by atoms with E-state index in [1.165, 1.54) is 25.7 Å². The van der Waals surface area contributed by atoms with Gasteiger partial charge in [0.1, 0.15) is 16.4 Å². The van der Waals surface area contributed by atoms with Gasteiger partial charge in [0.25, 0.3) is 0 Å². The van der Waals surface area contributed by atoms with Crippen LogP contribution in [0.2, 0.25) is 0 Å². The van der Waals surface area contributed by atoms with Gasteiger partial charge < -0.3 is 14.4 Å². The van der Waals surface area contributed by atoms with Gasteiger partial charge in [0.05, 0.1) is 13.7 Å². The second-order valence-corrected chi connectivity index (χ2v) is 10.7. The van der Waals surface area contributed by atoms with Crippen molar-refractivity contribution < 1.29 is 22.7 Å². The van der Waals surface area contributed by atoms with Crippen molar-refractivity contribution >= 4 is 15.8 Å². The molecule has 0 atom stereocenters. The van der Waals surface area contributed by atoms with E-state index in [0.29, 0.717) is 30.8 Å². The first-order valence-electron chi connectivity index (χ1n) is 11.3. The van der Waals surface area contributed by atoms with E-state index in [1.807, 2.05) is 18.2 Å². The Balaban J connectivity index is 1.53. The number of carbonyl (C=O) groups is 1. The Kier molecular flexibility index (Phi) is 8.51. The highest BCUT2D eigenvalue weighted by Gasteiger charge is 2.29. The van der Waals surface area contributed by atoms with Crippen LogP contribution in [0.3, 0.4) is 0 Å². The minimum absolute atomic E-state index is 0.0309.